The van der Waals surface area contributed by atoms with Gasteiger partial charge in [0.1, 0.15) is 5.82 Å². The molecule has 0 radical (unpaired) electrons. The van der Waals surface area contributed by atoms with Crippen molar-refractivity contribution in [2.45, 2.75) is 39.7 Å². The Morgan fingerprint density at radius 1 is 1.30 bits per heavy atom. The summed E-state index contributed by atoms with van der Waals surface area (Å²) >= 11 is 0. The number of nitrogens with zero attached hydrogens (tertiary/aromatic N) is 1. The van der Waals surface area contributed by atoms with Crippen LogP contribution in [-0.2, 0) is 14.8 Å². The molecule has 8 heteroatoms. The van der Waals surface area contributed by atoms with Crippen molar-refractivity contribution < 1.29 is 17.6 Å². The van der Waals surface area contributed by atoms with E-state index in [1.54, 1.807) is 6.92 Å². The molecule has 2 unspecified atom stereocenters. The Bertz CT molecular complexity index is 733. The van der Waals surface area contributed by atoms with E-state index in [9.17, 15) is 17.6 Å². The molecule has 152 valence electrons. The minimum absolute atomic E-state index is 0.149. The van der Waals surface area contributed by atoms with Crippen molar-refractivity contribution >= 4 is 21.6 Å². The van der Waals surface area contributed by atoms with Gasteiger partial charge in [-0.2, -0.15) is 0 Å². The van der Waals surface area contributed by atoms with Crippen LogP contribution in [0.15, 0.2) is 24.3 Å². The largest absolute Gasteiger partial charge is 0.354 e. The number of amides is 1. The number of hydrogen-bond donors (Lipinski definition) is 2. The van der Waals surface area contributed by atoms with Crippen molar-refractivity contribution in [1.29, 1.82) is 0 Å². The minimum atomic E-state index is -3.75. The van der Waals surface area contributed by atoms with Gasteiger partial charge >= 0.3 is 0 Å². The highest BCUT2D eigenvalue weighted by molar-refractivity contribution is 7.92. The van der Waals surface area contributed by atoms with Crippen molar-refractivity contribution in [3.8, 4) is 0 Å². The van der Waals surface area contributed by atoms with Crippen LogP contribution in [0.4, 0.5) is 10.1 Å². The Morgan fingerprint density at radius 3 is 2.59 bits per heavy atom. The lowest BCUT2D eigenvalue weighted by atomic mass is 9.98. The van der Waals surface area contributed by atoms with Crippen LogP contribution in [0.5, 0.6) is 0 Å². The normalized spacial score (nSPS) is 18.7. The number of likely N-dealkylation sites (tertiary alicyclic amines) is 1. The molecule has 0 bridgehead atoms. The van der Waals surface area contributed by atoms with Gasteiger partial charge in [0.2, 0.25) is 15.9 Å². The number of halogens is 1. The fourth-order valence-electron chi connectivity index (χ4n) is 3.20. The lowest BCUT2D eigenvalue weighted by Gasteiger charge is -2.35. The maximum absolute atomic E-state index is 13.2. The SMILES string of the molecule is CC1CCN(C(C)CNC(=O)C(C)CS(=O)(=O)Nc2cccc(F)c2)CC1. The summed E-state index contributed by atoms with van der Waals surface area (Å²) in [5.74, 6) is -1.13. The van der Waals surface area contributed by atoms with Crippen molar-refractivity contribution in [3.63, 3.8) is 0 Å². The fraction of sp³-hybridized carbons (Fsp3) is 0.632. The van der Waals surface area contributed by atoms with Crippen LogP contribution >= 0.6 is 0 Å². The summed E-state index contributed by atoms with van der Waals surface area (Å²) in [7, 11) is -3.75. The first kappa shape index (κ1) is 21.6. The quantitative estimate of drug-likeness (QED) is 0.704. The molecular formula is C19H30FN3O3S. The Hall–Kier alpha value is -1.67. The second kappa shape index (κ2) is 9.50. The molecule has 6 nitrogen and oxygen atoms in total. The first-order valence-electron chi connectivity index (χ1n) is 9.44. The molecule has 1 saturated heterocycles. The Morgan fingerprint density at radius 2 is 1.96 bits per heavy atom. The molecule has 27 heavy (non-hydrogen) atoms. The fourth-order valence-corrected chi connectivity index (χ4v) is 4.58. The van der Waals surface area contributed by atoms with Crippen molar-refractivity contribution in [3.05, 3.63) is 30.1 Å². The van der Waals surface area contributed by atoms with Crippen molar-refractivity contribution in [2.75, 3.05) is 30.1 Å². The van der Waals surface area contributed by atoms with Crippen LogP contribution < -0.4 is 10.0 Å². The zero-order valence-corrected chi connectivity index (χ0v) is 17.1. The van der Waals surface area contributed by atoms with Gasteiger partial charge in [0, 0.05) is 12.6 Å². The summed E-state index contributed by atoms with van der Waals surface area (Å²) in [5.41, 5.74) is 0.149. The van der Waals surface area contributed by atoms with Crippen molar-refractivity contribution in [1.82, 2.24) is 10.2 Å². The topological polar surface area (TPSA) is 78.5 Å². The number of nitrogens with one attached hydrogen (secondary N) is 2. The molecule has 1 aromatic rings. The molecule has 2 atom stereocenters. The number of carbonyl (C=O) groups is 1. The lowest BCUT2D eigenvalue weighted by molar-refractivity contribution is -0.124. The number of piperidine rings is 1. The van der Waals surface area contributed by atoms with E-state index in [0.717, 1.165) is 25.1 Å². The van der Waals surface area contributed by atoms with Gasteiger partial charge in [-0.05, 0) is 57.0 Å². The Balaban J connectivity index is 1.80. The van der Waals surface area contributed by atoms with E-state index in [1.807, 2.05) is 0 Å². The molecular weight excluding hydrogens is 369 g/mol. The number of hydrogen-bond acceptors (Lipinski definition) is 4. The number of rotatable bonds is 8. The Kier molecular flexibility index (Phi) is 7.61. The molecule has 1 aromatic carbocycles. The zero-order chi connectivity index (χ0) is 20.0. The van der Waals surface area contributed by atoms with Gasteiger partial charge in [-0.25, -0.2) is 12.8 Å². The lowest BCUT2D eigenvalue weighted by Crippen LogP contribution is -2.46. The molecule has 1 heterocycles. The zero-order valence-electron chi connectivity index (χ0n) is 16.2. The molecule has 1 amide bonds. The van der Waals surface area contributed by atoms with Gasteiger partial charge in [-0.1, -0.05) is 19.9 Å². The van der Waals surface area contributed by atoms with E-state index in [0.29, 0.717) is 6.54 Å². The van der Waals surface area contributed by atoms with Crippen LogP contribution in [-0.4, -0.2) is 50.7 Å². The summed E-state index contributed by atoms with van der Waals surface area (Å²) in [6, 6.07) is 5.44. The monoisotopic (exact) mass is 399 g/mol. The molecule has 1 fully saturated rings. The Labute approximate surface area is 161 Å². The summed E-state index contributed by atoms with van der Waals surface area (Å²) in [6.45, 7) is 8.45. The highest BCUT2D eigenvalue weighted by Gasteiger charge is 2.24. The second-order valence-corrected chi connectivity index (χ2v) is 9.37. The van der Waals surface area contributed by atoms with E-state index in [4.69, 9.17) is 0 Å². The maximum atomic E-state index is 13.2. The second-order valence-electron chi connectivity index (χ2n) is 7.61. The number of benzene rings is 1. The third-order valence-corrected chi connectivity index (χ3v) is 6.51. The third-order valence-electron chi connectivity index (χ3n) is 5.03. The van der Waals surface area contributed by atoms with E-state index in [-0.39, 0.29) is 23.4 Å². The highest BCUT2D eigenvalue weighted by Crippen LogP contribution is 2.18. The summed E-state index contributed by atoms with van der Waals surface area (Å²) < 4.78 is 39.9. The van der Waals surface area contributed by atoms with Gasteiger partial charge in [0.15, 0.2) is 0 Å². The van der Waals surface area contributed by atoms with Gasteiger partial charge in [-0.15, -0.1) is 0 Å². The van der Waals surface area contributed by atoms with E-state index in [1.165, 1.54) is 31.0 Å². The summed E-state index contributed by atoms with van der Waals surface area (Å²) in [5, 5.41) is 2.85. The van der Waals surface area contributed by atoms with Gasteiger partial charge < -0.3 is 5.32 Å². The molecule has 0 aliphatic carbocycles. The van der Waals surface area contributed by atoms with Crippen molar-refractivity contribution in [2.24, 2.45) is 11.8 Å². The number of carbonyl (C=O) groups excluding carboxylic acids is 1. The average Bonchev–Trinajstić information content (AvgIpc) is 2.59. The predicted octanol–water partition coefficient (Wildman–Crippen LogP) is 2.44. The van der Waals surface area contributed by atoms with Crippen LogP contribution in [0.3, 0.4) is 0 Å². The molecule has 2 rings (SSSR count). The molecule has 0 aromatic heterocycles. The predicted molar refractivity (Wildman–Crippen MR) is 105 cm³/mol. The molecule has 2 N–H and O–H groups in total. The maximum Gasteiger partial charge on any atom is 0.233 e. The highest BCUT2D eigenvalue weighted by atomic mass is 32.2. The average molecular weight is 400 g/mol. The van der Waals surface area contributed by atoms with Crippen LogP contribution in [0.2, 0.25) is 0 Å². The summed E-state index contributed by atoms with van der Waals surface area (Å²) in [6.07, 6.45) is 2.33. The molecule has 1 aliphatic rings. The molecule has 0 saturated carbocycles. The van der Waals surface area contributed by atoms with E-state index >= 15 is 0 Å². The third kappa shape index (κ3) is 7.10. The van der Waals surface area contributed by atoms with Crippen LogP contribution in [0, 0.1) is 17.7 Å². The summed E-state index contributed by atoms with van der Waals surface area (Å²) in [4.78, 5) is 14.6. The number of anilines is 1. The smallest absolute Gasteiger partial charge is 0.233 e. The van der Waals surface area contributed by atoms with E-state index < -0.39 is 21.8 Å². The van der Waals surface area contributed by atoms with Gasteiger partial charge in [-0.3, -0.25) is 14.4 Å². The van der Waals surface area contributed by atoms with Gasteiger partial charge in [0.25, 0.3) is 0 Å². The standard InChI is InChI=1S/C19H30FN3O3S/c1-14-7-9-23(10-8-14)16(3)12-21-19(24)15(2)13-27(25,26)22-18-6-4-5-17(20)11-18/h4-6,11,14-16,22H,7-10,12-13H2,1-3H3,(H,21,24). The van der Waals surface area contributed by atoms with Crippen LogP contribution in [0.25, 0.3) is 0 Å². The van der Waals surface area contributed by atoms with Crippen LogP contribution in [0.1, 0.15) is 33.6 Å². The number of sulfonamides is 1. The molecule has 0 spiro atoms. The molecule has 1 aliphatic heterocycles. The van der Waals surface area contributed by atoms with E-state index in [2.05, 4.69) is 28.8 Å². The van der Waals surface area contributed by atoms with Gasteiger partial charge in [0.05, 0.1) is 17.4 Å². The first-order chi connectivity index (χ1) is 12.7. The first-order valence-corrected chi connectivity index (χ1v) is 11.1. The minimum Gasteiger partial charge on any atom is -0.354 e.